The molecule has 1 saturated heterocycles. The largest absolute Gasteiger partial charge is 0.481 e. The highest BCUT2D eigenvalue weighted by Crippen LogP contribution is 2.52. The van der Waals surface area contributed by atoms with Crippen molar-refractivity contribution in [2.45, 2.75) is 37.1 Å². The zero-order valence-electron chi connectivity index (χ0n) is 18.9. The van der Waals surface area contributed by atoms with Gasteiger partial charge in [-0.2, -0.15) is 0 Å². The molecule has 0 spiro atoms. The predicted molar refractivity (Wildman–Crippen MR) is 124 cm³/mol. The summed E-state index contributed by atoms with van der Waals surface area (Å²) in [4.78, 5) is 38.7. The number of amides is 2. The molecule has 0 aromatic heterocycles. The van der Waals surface area contributed by atoms with E-state index < -0.39 is 17.6 Å². The van der Waals surface area contributed by atoms with Gasteiger partial charge in [0.25, 0.3) is 0 Å². The van der Waals surface area contributed by atoms with Crippen LogP contribution in [0.1, 0.15) is 42.7 Å². The van der Waals surface area contributed by atoms with Crippen molar-refractivity contribution in [2.24, 2.45) is 17.8 Å². The van der Waals surface area contributed by atoms with Gasteiger partial charge in [0, 0.05) is 19.0 Å². The van der Waals surface area contributed by atoms with Gasteiger partial charge in [0.15, 0.2) is 0 Å². The molecule has 1 heterocycles. The van der Waals surface area contributed by atoms with E-state index in [2.05, 4.69) is 29.6 Å². The average Bonchev–Trinajstić information content (AvgIpc) is 3.73. The number of alkyl carbamates (subject to hydrolysis) is 1. The van der Waals surface area contributed by atoms with Crippen LogP contribution >= 0.6 is 0 Å². The van der Waals surface area contributed by atoms with Gasteiger partial charge in [0.1, 0.15) is 6.61 Å². The molecule has 4 aliphatic rings. The Morgan fingerprint density at radius 2 is 1.65 bits per heavy atom. The van der Waals surface area contributed by atoms with E-state index in [1.165, 1.54) is 11.1 Å². The maximum absolute atomic E-state index is 12.9. The molecule has 7 heteroatoms. The minimum atomic E-state index is -0.750. The third kappa shape index (κ3) is 3.63. The summed E-state index contributed by atoms with van der Waals surface area (Å²) in [5.41, 5.74) is 4.15. The highest BCUT2D eigenvalue weighted by molar-refractivity contribution is 5.81. The van der Waals surface area contributed by atoms with Crippen LogP contribution in [0.5, 0.6) is 0 Å². The van der Waals surface area contributed by atoms with Crippen molar-refractivity contribution in [1.82, 2.24) is 10.2 Å². The summed E-state index contributed by atoms with van der Waals surface area (Å²) in [5.74, 6) is -0.759. The van der Waals surface area contributed by atoms with Gasteiger partial charge < -0.3 is 20.1 Å². The SMILES string of the molecule is O=C(NC1(CC(=O)N2CC[C@H]3C(C(=O)O)[C@H]3C2)CC1)OCC1c2ccccc2-c2ccccc21. The van der Waals surface area contributed by atoms with Gasteiger partial charge in [-0.3, -0.25) is 9.59 Å². The van der Waals surface area contributed by atoms with Crippen LogP contribution in [-0.4, -0.2) is 53.2 Å². The first-order valence-corrected chi connectivity index (χ1v) is 12.1. The standard InChI is InChI=1S/C27H28N2O5/c30-23(29-12-9-20-21(14-29)24(20)25(31)32)13-27(10-11-27)28-26(33)34-15-22-18-7-3-1-5-16(18)17-6-2-4-8-19(17)22/h1-8,20-22,24H,9-15H2,(H,28,33)(H,31,32)/t20-,21+,24?/m1/s1. The molecule has 2 aromatic carbocycles. The summed E-state index contributed by atoms with van der Waals surface area (Å²) in [6.07, 6.45) is 2.01. The summed E-state index contributed by atoms with van der Waals surface area (Å²) < 4.78 is 5.67. The van der Waals surface area contributed by atoms with Gasteiger partial charge in [-0.25, -0.2) is 4.79 Å². The van der Waals surface area contributed by atoms with Crippen LogP contribution < -0.4 is 5.32 Å². The molecule has 0 radical (unpaired) electrons. The summed E-state index contributed by atoms with van der Waals surface area (Å²) in [7, 11) is 0. The van der Waals surface area contributed by atoms with E-state index in [4.69, 9.17) is 4.74 Å². The second kappa shape index (κ2) is 7.86. The van der Waals surface area contributed by atoms with Crippen molar-refractivity contribution < 1.29 is 24.2 Å². The molecule has 1 aliphatic heterocycles. The molecule has 6 rings (SSSR count). The zero-order valence-corrected chi connectivity index (χ0v) is 18.9. The third-order valence-electron chi connectivity index (χ3n) is 8.19. The lowest BCUT2D eigenvalue weighted by atomic mass is 9.98. The van der Waals surface area contributed by atoms with E-state index in [1.807, 2.05) is 24.3 Å². The number of carboxylic acid groups (broad SMARTS) is 1. The van der Waals surface area contributed by atoms with Crippen LogP contribution in [-0.2, 0) is 14.3 Å². The maximum atomic E-state index is 12.9. The van der Waals surface area contributed by atoms with Crippen LogP contribution in [0.3, 0.4) is 0 Å². The van der Waals surface area contributed by atoms with E-state index in [9.17, 15) is 19.5 Å². The zero-order chi connectivity index (χ0) is 23.4. The normalized spacial score (nSPS) is 25.5. The first-order chi connectivity index (χ1) is 16.5. The molecule has 2 N–H and O–H groups in total. The minimum Gasteiger partial charge on any atom is -0.481 e. The Bertz CT molecular complexity index is 1130. The maximum Gasteiger partial charge on any atom is 0.407 e. The quantitative estimate of drug-likeness (QED) is 0.686. The van der Waals surface area contributed by atoms with Gasteiger partial charge in [-0.15, -0.1) is 0 Å². The van der Waals surface area contributed by atoms with E-state index in [1.54, 1.807) is 4.90 Å². The first-order valence-electron chi connectivity index (χ1n) is 12.1. The third-order valence-corrected chi connectivity index (χ3v) is 8.19. The summed E-state index contributed by atoms with van der Waals surface area (Å²) in [6, 6.07) is 16.4. The van der Waals surface area contributed by atoms with Crippen molar-refractivity contribution in [3.63, 3.8) is 0 Å². The summed E-state index contributed by atoms with van der Waals surface area (Å²) in [6.45, 7) is 1.36. The van der Waals surface area contributed by atoms with Gasteiger partial charge in [-0.1, -0.05) is 48.5 Å². The van der Waals surface area contributed by atoms with Crippen LogP contribution in [0.15, 0.2) is 48.5 Å². The highest BCUT2D eigenvalue weighted by Gasteiger charge is 2.58. The molecule has 1 unspecified atom stereocenters. The Labute approximate surface area is 198 Å². The lowest BCUT2D eigenvalue weighted by molar-refractivity contribution is -0.139. The van der Waals surface area contributed by atoms with Gasteiger partial charge in [-0.05, 0) is 53.4 Å². The molecule has 2 aromatic rings. The fraction of sp³-hybridized carbons (Fsp3) is 0.444. The van der Waals surface area contributed by atoms with E-state index in [0.717, 1.165) is 30.4 Å². The fourth-order valence-electron chi connectivity index (χ4n) is 6.08. The Morgan fingerprint density at radius 1 is 1.00 bits per heavy atom. The van der Waals surface area contributed by atoms with E-state index in [-0.39, 0.29) is 42.6 Å². The number of nitrogens with one attached hydrogen (secondary N) is 1. The lowest BCUT2D eigenvalue weighted by Crippen LogP contribution is -2.44. The molecule has 176 valence electrons. The number of rotatable bonds is 6. The van der Waals surface area contributed by atoms with Crippen LogP contribution in [0.25, 0.3) is 11.1 Å². The van der Waals surface area contributed by atoms with Crippen molar-refractivity contribution >= 4 is 18.0 Å². The Kier molecular flexibility index (Phi) is 4.90. The molecule has 2 amide bonds. The number of piperidine rings is 1. The summed E-state index contributed by atoms with van der Waals surface area (Å²) >= 11 is 0. The van der Waals surface area contributed by atoms with E-state index in [0.29, 0.717) is 13.1 Å². The monoisotopic (exact) mass is 460 g/mol. The minimum absolute atomic E-state index is 0.00282. The molecule has 3 fully saturated rings. The number of carbonyl (C=O) groups excluding carboxylic acids is 2. The number of nitrogens with zero attached hydrogens (tertiary/aromatic N) is 1. The second-order valence-corrected chi connectivity index (χ2v) is 10.2. The Hall–Kier alpha value is -3.35. The van der Waals surface area contributed by atoms with E-state index >= 15 is 0 Å². The number of carbonyl (C=O) groups is 3. The van der Waals surface area contributed by atoms with Crippen LogP contribution in [0, 0.1) is 17.8 Å². The number of benzene rings is 2. The fourth-order valence-corrected chi connectivity index (χ4v) is 6.08. The van der Waals surface area contributed by atoms with Crippen molar-refractivity contribution in [1.29, 1.82) is 0 Å². The second-order valence-electron chi connectivity index (χ2n) is 10.2. The number of ether oxygens (including phenoxy) is 1. The van der Waals surface area contributed by atoms with Crippen molar-refractivity contribution in [3.05, 3.63) is 59.7 Å². The van der Waals surface area contributed by atoms with Gasteiger partial charge in [0.2, 0.25) is 5.91 Å². The van der Waals surface area contributed by atoms with Crippen molar-refractivity contribution in [3.8, 4) is 11.1 Å². The molecular formula is C27H28N2O5. The number of aliphatic carboxylic acids is 1. The van der Waals surface area contributed by atoms with Crippen LogP contribution in [0.2, 0.25) is 0 Å². The molecular weight excluding hydrogens is 432 g/mol. The lowest BCUT2D eigenvalue weighted by Gasteiger charge is -2.28. The van der Waals surface area contributed by atoms with Gasteiger partial charge >= 0.3 is 12.1 Å². The number of hydrogen-bond donors (Lipinski definition) is 2. The smallest absolute Gasteiger partial charge is 0.407 e. The molecule has 2 saturated carbocycles. The van der Waals surface area contributed by atoms with Crippen LogP contribution in [0.4, 0.5) is 4.79 Å². The number of hydrogen-bond acceptors (Lipinski definition) is 4. The number of fused-ring (bicyclic) bond motifs is 4. The molecule has 34 heavy (non-hydrogen) atoms. The van der Waals surface area contributed by atoms with Crippen molar-refractivity contribution in [2.75, 3.05) is 19.7 Å². The Balaban J connectivity index is 1.05. The molecule has 7 nitrogen and oxygen atoms in total. The first kappa shape index (κ1) is 21.2. The average molecular weight is 461 g/mol. The van der Waals surface area contributed by atoms with Gasteiger partial charge in [0.05, 0.1) is 17.9 Å². The topological polar surface area (TPSA) is 95.9 Å². The molecule has 3 atom stereocenters. The molecule has 3 aliphatic carbocycles. The predicted octanol–water partition coefficient (Wildman–Crippen LogP) is 3.63. The number of likely N-dealkylation sites (tertiary alicyclic amines) is 1. The molecule has 0 bridgehead atoms. The Morgan fingerprint density at radius 3 is 2.26 bits per heavy atom. The number of carboxylic acids is 1. The highest BCUT2D eigenvalue weighted by atomic mass is 16.5. The summed E-state index contributed by atoms with van der Waals surface area (Å²) in [5, 5.41) is 12.2.